The molecule has 1 fully saturated rings. The van der Waals surface area contributed by atoms with Gasteiger partial charge in [0.1, 0.15) is 5.75 Å². The summed E-state index contributed by atoms with van der Waals surface area (Å²) in [5, 5.41) is 0. The molecule has 1 saturated heterocycles. The van der Waals surface area contributed by atoms with Crippen LogP contribution in [0.25, 0.3) is 0 Å². The second-order valence-corrected chi connectivity index (χ2v) is 4.24. The van der Waals surface area contributed by atoms with Gasteiger partial charge in [0.15, 0.2) is 0 Å². The molecule has 0 radical (unpaired) electrons. The second-order valence-electron chi connectivity index (χ2n) is 4.24. The third-order valence-electron chi connectivity index (χ3n) is 3.32. The Morgan fingerprint density at radius 3 is 3.12 bits per heavy atom. The molecule has 16 heavy (non-hydrogen) atoms. The van der Waals surface area contributed by atoms with Gasteiger partial charge >= 0.3 is 0 Å². The molecule has 0 amide bonds. The first-order chi connectivity index (χ1) is 7.85. The van der Waals surface area contributed by atoms with Gasteiger partial charge in [-0.2, -0.15) is 0 Å². The Bertz CT molecular complexity index is 340. The van der Waals surface area contributed by atoms with Crippen LogP contribution in [0.3, 0.4) is 0 Å². The summed E-state index contributed by atoms with van der Waals surface area (Å²) in [4.78, 5) is 0. The smallest absolute Gasteiger partial charge is 0.119 e. The van der Waals surface area contributed by atoms with Crippen LogP contribution in [0, 0.1) is 5.92 Å². The fourth-order valence-electron chi connectivity index (χ4n) is 2.30. The Hall–Kier alpha value is -1.06. The van der Waals surface area contributed by atoms with Crippen LogP contribution < -0.4 is 10.5 Å². The maximum absolute atomic E-state index is 5.81. The van der Waals surface area contributed by atoms with E-state index in [0.29, 0.717) is 11.8 Å². The average molecular weight is 221 g/mol. The molecule has 1 heterocycles. The summed E-state index contributed by atoms with van der Waals surface area (Å²) in [5.74, 6) is 1.84. The van der Waals surface area contributed by atoms with E-state index in [-0.39, 0.29) is 0 Å². The summed E-state index contributed by atoms with van der Waals surface area (Å²) in [6.45, 7) is 2.34. The molecule has 0 aromatic heterocycles. The summed E-state index contributed by atoms with van der Waals surface area (Å²) in [6, 6.07) is 8.20. The molecule has 0 bridgehead atoms. The monoisotopic (exact) mass is 221 g/mol. The quantitative estimate of drug-likeness (QED) is 0.846. The highest BCUT2D eigenvalue weighted by Gasteiger charge is 2.26. The summed E-state index contributed by atoms with van der Waals surface area (Å²) < 4.78 is 10.8. The van der Waals surface area contributed by atoms with Gasteiger partial charge in [-0.15, -0.1) is 0 Å². The van der Waals surface area contributed by atoms with E-state index in [1.807, 2.05) is 12.1 Å². The van der Waals surface area contributed by atoms with Crippen LogP contribution in [-0.2, 0) is 4.74 Å². The van der Waals surface area contributed by atoms with Crippen LogP contribution in [0.15, 0.2) is 24.3 Å². The lowest BCUT2D eigenvalue weighted by Gasteiger charge is -2.31. The number of benzene rings is 1. The molecule has 88 valence electrons. The zero-order valence-electron chi connectivity index (χ0n) is 9.69. The van der Waals surface area contributed by atoms with Gasteiger partial charge in [-0.3, -0.25) is 0 Å². The van der Waals surface area contributed by atoms with Crippen molar-refractivity contribution in [2.24, 2.45) is 11.7 Å². The predicted molar refractivity (Wildman–Crippen MR) is 63.7 cm³/mol. The highest BCUT2D eigenvalue weighted by molar-refractivity contribution is 5.31. The summed E-state index contributed by atoms with van der Waals surface area (Å²) in [6.07, 6.45) is 1.05. The second kappa shape index (κ2) is 5.32. The van der Waals surface area contributed by atoms with E-state index in [2.05, 4.69) is 12.1 Å². The molecule has 1 aliphatic rings. The third-order valence-corrected chi connectivity index (χ3v) is 3.32. The molecule has 0 saturated carbocycles. The highest BCUT2D eigenvalue weighted by Crippen LogP contribution is 2.32. The van der Waals surface area contributed by atoms with Crippen molar-refractivity contribution < 1.29 is 9.47 Å². The lowest BCUT2D eigenvalue weighted by molar-refractivity contribution is 0.0493. The van der Waals surface area contributed by atoms with Gasteiger partial charge < -0.3 is 15.2 Å². The van der Waals surface area contributed by atoms with Gasteiger partial charge in [0.05, 0.1) is 13.7 Å². The molecule has 2 rings (SSSR count). The zero-order chi connectivity index (χ0) is 11.4. The van der Waals surface area contributed by atoms with Crippen molar-refractivity contribution in [2.75, 3.05) is 26.9 Å². The van der Waals surface area contributed by atoms with Crippen molar-refractivity contribution in [1.82, 2.24) is 0 Å². The van der Waals surface area contributed by atoms with E-state index < -0.39 is 0 Å². The zero-order valence-corrected chi connectivity index (χ0v) is 9.69. The SMILES string of the molecule is COc1cccc(C2COCCC2CN)c1. The fraction of sp³-hybridized carbons (Fsp3) is 0.538. The molecular weight excluding hydrogens is 202 g/mol. The van der Waals surface area contributed by atoms with Crippen LogP contribution >= 0.6 is 0 Å². The van der Waals surface area contributed by atoms with Crippen LogP contribution in [0.2, 0.25) is 0 Å². The standard InChI is InChI=1S/C13H19NO2/c1-15-12-4-2-3-10(7-12)13-9-16-6-5-11(13)8-14/h2-4,7,11,13H,5-6,8-9,14H2,1H3. The minimum atomic E-state index is 0.411. The van der Waals surface area contributed by atoms with Gasteiger partial charge in [-0.1, -0.05) is 12.1 Å². The van der Waals surface area contributed by atoms with Crippen molar-refractivity contribution in [3.8, 4) is 5.75 Å². The van der Waals surface area contributed by atoms with Crippen LogP contribution in [0.4, 0.5) is 0 Å². The van der Waals surface area contributed by atoms with Crippen molar-refractivity contribution in [2.45, 2.75) is 12.3 Å². The molecular formula is C13H19NO2. The highest BCUT2D eigenvalue weighted by atomic mass is 16.5. The number of hydrogen-bond donors (Lipinski definition) is 1. The van der Waals surface area contributed by atoms with Crippen LogP contribution in [-0.4, -0.2) is 26.9 Å². The van der Waals surface area contributed by atoms with E-state index in [0.717, 1.165) is 31.9 Å². The molecule has 2 unspecified atom stereocenters. The van der Waals surface area contributed by atoms with E-state index in [4.69, 9.17) is 15.2 Å². The Morgan fingerprint density at radius 2 is 2.38 bits per heavy atom. The van der Waals surface area contributed by atoms with E-state index in [9.17, 15) is 0 Å². The van der Waals surface area contributed by atoms with Gasteiger partial charge in [-0.25, -0.2) is 0 Å². The Labute approximate surface area is 96.5 Å². The van der Waals surface area contributed by atoms with Crippen molar-refractivity contribution in [3.05, 3.63) is 29.8 Å². The van der Waals surface area contributed by atoms with E-state index in [1.54, 1.807) is 7.11 Å². The van der Waals surface area contributed by atoms with Crippen LogP contribution in [0.5, 0.6) is 5.75 Å². The number of ether oxygens (including phenoxy) is 2. The third kappa shape index (κ3) is 2.36. The minimum absolute atomic E-state index is 0.411. The van der Waals surface area contributed by atoms with E-state index >= 15 is 0 Å². The van der Waals surface area contributed by atoms with Gasteiger partial charge in [0.2, 0.25) is 0 Å². The molecule has 1 aromatic rings. The van der Waals surface area contributed by atoms with Gasteiger partial charge in [-0.05, 0) is 36.6 Å². The van der Waals surface area contributed by atoms with Gasteiger partial charge in [0.25, 0.3) is 0 Å². The first kappa shape index (κ1) is 11.4. The molecule has 0 aliphatic carbocycles. The van der Waals surface area contributed by atoms with Crippen molar-refractivity contribution >= 4 is 0 Å². The molecule has 1 aromatic carbocycles. The average Bonchev–Trinajstić information content (AvgIpc) is 2.38. The molecule has 0 spiro atoms. The number of rotatable bonds is 3. The molecule has 3 heteroatoms. The van der Waals surface area contributed by atoms with Crippen molar-refractivity contribution in [3.63, 3.8) is 0 Å². The number of nitrogens with two attached hydrogens (primary N) is 1. The summed E-state index contributed by atoms with van der Waals surface area (Å²) >= 11 is 0. The molecule has 2 N–H and O–H groups in total. The Kier molecular flexibility index (Phi) is 3.80. The molecule has 3 nitrogen and oxygen atoms in total. The molecule has 2 atom stereocenters. The first-order valence-electron chi connectivity index (χ1n) is 5.77. The predicted octanol–water partition coefficient (Wildman–Crippen LogP) is 1.77. The normalized spacial score (nSPS) is 25.4. The topological polar surface area (TPSA) is 44.5 Å². The summed E-state index contributed by atoms with van der Waals surface area (Å²) in [5.41, 5.74) is 7.09. The summed E-state index contributed by atoms with van der Waals surface area (Å²) in [7, 11) is 1.69. The largest absolute Gasteiger partial charge is 0.497 e. The van der Waals surface area contributed by atoms with E-state index in [1.165, 1.54) is 5.56 Å². The number of methoxy groups -OCH3 is 1. The van der Waals surface area contributed by atoms with Gasteiger partial charge in [0, 0.05) is 12.5 Å². The maximum atomic E-state index is 5.81. The maximum Gasteiger partial charge on any atom is 0.119 e. The Balaban J connectivity index is 2.20. The lowest BCUT2D eigenvalue weighted by atomic mass is 9.83. The molecule has 1 aliphatic heterocycles. The fourth-order valence-corrected chi connectivity index (χ4v) is 2.30. The van der Waals surface area contributed by atoms with Crippen LogP contribution in [0.1, 0.15) is 17.9 Å². The minimum Gasteiger partial charge on any atom is -0.497 e. The lowest BCUT2D eigenvalue weighted by Crippen LogP contribution is -2.31. The first-order valence-corrected chi connectivity index (χ1v) is 5.77. The van der Waals surface area contributed by atoms with Crippen molar-refractivity contribution in [1.29, 1.82) is 0 Å². The Morgan fingerprint density at radius 1 is 1.50 bits per heavy atom. The number of hydrogen-bond acceptors (Lipinski definition) is 3.